The third-order valence-corrected chi connectivity index (χ3v) is 2.76. The number of anilines is 1. The van der Waals surface area contributed by atoms with Gasteiger partial charge in [-0.25, -0.2) is 0 Å². The molecule has 5 nitrogen and oxygen atoms in total. The molecule has 0 aromatic carbocycles. The molecule has 5 heteroatoms. The first kappa shape index (κ1) is 14.4. The summed E-state index contributed by atoms with van der Waals surface area (Å²) in [7, 11) is 1.97. The molecule has 3 N–H and O–H groups in total. The Labute approximate surface area is 108 Å². The van der Waals surface area contributed by atoms with Gasteiger partial charge >= 0.3 is 0 Å². The molecule has 0 unspecified atom stereocenters. The normalized spacial score (nSPS) is 10.4. The molecule has 18 heavy (non-hydrogen) atoms. The summed E-state index contributed by atoms with van der Waals surface area (Å²) in [4.78, 5) is 6.41. The number of ether oxygens (including phenoxy) is 1. The van der Waals surface area contributed by atoms with Crippen LogP contribution < -0.4 is 10.6 Å². The van der Waals surface area contributed by atoms with Crippen molar-refractivity contribution in [1.82, 2.24) is 4.98 Å². The Morgan fingerprint density at radius 1 is 1.50 bits per heavy atom. The van der Waals surface area contributed by atoms with Gasteiger partial charge < -0.3 is 15.4 Å². The highest BCUT2D eigenvalue weighted by Gasteiger charge is 2.14. The number of aromatic nitrogens is 1. The molecule has 1 rings (SSSR count). The van der Waals surface area contributed by atoms with E-state index in [0.717, 1.165) is 23.6 Å². The number of hydrogen-bond donors (Lipinski definition) is 2. The lowest BCUT2D eigenvalue weighted by molar-refractivity contribution is 0.154. The molecular formula is C13H22N4O. The average Bonchev–Trinajstić information content (AvgIpc) is 2.27. The summed E-state index contributed by atoms with van der Waals surface area (Å²) in [6.07, 6.45) is 0. The molecule has 100 valence electrons. The summed E-state index contributed by atoms with van der Waals surface area (Å²) in [5.74, 6) is 0.0539. The van der Waals surface area contributed by atoms with E-state index in [9.17, 15) is 0 Å². The fourth-order valence-corrected chi connectivity index (χ4v) is 1.91. The van der Waals surface area contributed by atoms with Gasteiger partial charge in [-0.05, 0) is 26.8 Å². The van der Waals surface area contributed by atoms with Gasteiger partial charge in [0, 0.05) is 25.9 Å². The Bertz CT molecular complexity index is 431. The van der Waals surface area contributed by atoms with E-state index >= 15 is 0 Å². The quantitative estimate of drug-likeness (QED) is 0.455. The molecule has 1 aromatic rings. The summed E-state index contributed by atoms with van der Waals surface area (Å²) in [5, 5.41) is 7.67. The third kappa shape index (κ3) is 3.43. The van der Waals surface area contributed by atoms with Crippen LogP contribution >= 0.6 is 0 Å². The standard InChI is InChI=1S/C13H22N4O/c1-5-18-7-6-17(4)11-8-9(2)16-10(3)12(11)13(14)15/h8H,5-7H2,1-4H3,(H3,14,15). The lowest BCUT2D eigenvalue weighted by Crippen LogP contribution is -2.27. The molecule has 0 aliphatic heterocycles. The van der Waals surface area contributed by atoms with E-state index in [1.807, 2.05) is 38.8 Å². The van der Waals surface area contributed by atoms with Gasteiger partial charge in [-0.2, -0.15) is 0 Å². The fourth-order valence-electron chi connectivity index (χ4n) is 1.91. The van der Waals surface area contributed by atoms with Crippen LogP contribution in [-0.4, -0.2) is 37.6 Å². The van der Waals surface area contributed by atoms with Gasteiger partial charge in [0.05, 0.1) is 23.6 Å². The van der Waals surface area contributed by atoms with E-state index in [2.05, 4.69) is 4.98 Å². The molecule has 0 atom stereocenters. The van der Waals surface area contributed by atoms with E-state index in [4.69, 9.17) is 15.9 Å². The molecule has 1 heterocycles. The van der Waals surface area contributed by atoms with Gasteiger partial charge in [0.2, 0.25) is 0 Å². The minimum atomic E-state index is 0.0539. The second kappa shape index (κ2) is 6.35. The van der Waals surface area contributed by atoms with Crippen LogP contribution in [0.25, 0.3) is 0 Å². The Morgan fingerprint density at radius 3 is 2.72 bits per heavy atom. The van der Waals surface area contributed by atoms with E-state index in [0.29, 0.717) is 18.8 Å². The predicted octanol–water partition coefficient (Wildman–Crippen LogP) is 1.46. The number of likely N-dealkylation sites (N-methyl/N-ethyl adjacent to an activating group) is 1. The molecule has 0 aliphatic rings. The molecule has 0 fully saturated rings. The van der Waals surface area contributed by atoms with Crippen molar-refractivity contribution in [3.05, 3.63) is 23.0 Å². The van der Waals surface area contributed by atoms with Gasteiger partial charge in [0.25, 0.3) is 0 Å². The number of nitrogens with zero attached hydrogens (tertiary/aromatic N) is 2. The van der Waals surface area contributed by atoms with Gasteiger partial charge in [0.1, 0.15) is 5.84 Å². The summed E-state index contributed by atoms with van der Waals surface area (Å²) in [6.45, 7) is 7.92. The highest BCUT2D eigenvalue weighted by atomic mass is 16.5. The zero-order valence-electron chi connectivity index (χ0n) is 11.6. The van der Waals surface area contributed by atoms with E-state index in [-0.39, 0.29) is 5.84 Å². The van der Waals surface area contributed by atoms with Crippen molar-refractivity contribution in [3.8, 4) is 0 Å². The summed E-state index contributed by atoms with van der Waals surface area (Å²) in [6, 6.07) is 1.95. The number of rotatable bonds is 6. The molecule has 0 aliphatic carbocycles. The maximum Gasteiger partial charge on any atom is 0.126 e. The molecule has 1 aromatic heterocycles. The van der Waals surface area contributed by atoms with E-state index < -0.39 is 0 Å². The molecule has 0 saturated heterocycles. The SMILES string of the molecule is CCOCCN(C)c1cc(C)nc(C)c1C(=N)N. The minimum Gasteiger partial charge on any atom is -0.384 e. The lowest BCUT2D eigenvalue weighted by atomic mass is 10.1. The second-order valence-electron chi connectivity index (χ2n) is 4.28. The number of hydrogen-bond acceptors (Lipinski definition) is 4. The first-order chi connectivity index (χ1) is 8.47. The van der Waals surface area contributed by atoms with Gasteiger partial charge in [0.15, 0.2) is 0 Å². The number of pyridine rings is 1. The van der Waals surface area contributed by atoms with Crippen LogP contribution in [-0.2, 0) is 4.74 Å². The monoisotopic (exact) mass is 250 g/mol. The Morgan fingerprint density at radius 2 is 2.17 bits per heavy atom. The van der Waals surface area contributed by atoms with Crippen LogP contribution in [0.3, 0.4) is 0 Å². The third-order valence-electron chi connectivity index (χ3n) is 2.76. The Balaban J connectivity index is 3.02. The molecule has 0 saturated carbocycles. The maximum absolute atomic E-state index is 7.67. The zero-order valence-corrected chi connectivity index (χ0v) is 11.6. The smallest absolute Gasteiger partial charge is 0.126 e. The Hall–Kier alpha value is -1.62. The average molecular weight is 250 g/mol. The predicted molar refractivity (Wildman–Crippen MR) is 74.5 cm³/mol. The van der Waals surface area contributed by atoms with Crippen LogP contribution in [0.2, 0.25) is 0 Å². The van der Waals surface area contributed by atoms with Crippen LogP contribution in [0.4, 0.5) is 5.69 Å². The highest BCUT2D eigenvalue weighted by Crippen LogP contribution is 2.22. The second-order valence-corrected chi connectivity index (χ2v) is 4.28. The molecule has 0 radical (unpaired) electrons. The maximum atomic E-state index is 7.67. The number of nitrogens with two attached hydrogens (primary N) is 1. The van der Waals surface area contributed by atoms with Crippen molar-refractivity contribution in [3.63, 3.8) is 0 Å². The lowest BCUT2D eigenvalue weighted by Gasteiger charge is -2.23. The molecule has 0 spiro atoms. The number of nitrogens with one attached hydrogen (secondary N) is 1. The number of amidine groups is 1. The topological polar surface area (TPSA) is 75.2 Å². The Kier molecular flexibility index (Phi) is 5.09. The number of nitrogen functional groups attached to an aromatic ring is 1. The summed E-state index contributed by atoms with van der Waals surface area (Å²) < 4.78 is 5.34. The van der Waals surface area contributed by atoms with Crippen molar-refractivity contribution < 1.29 is 4.74 Å². The molecule has 0 bridgehead atoms. The number of aryl methyl sites for hydroxylation is 2. The fraction of sp³-hybridized carbons (Fsp3) is 0.538. The first-order valence-corrected chi connectivity index (χ1v) is 6.08. The minimum absolute atomic E-state index is 0.0539. The summed E-state index contributed by atoms with van der Waals surface area (Å²) >= 11 is 0. The molecular weight excluding hydrogens is 228 g/mol. The largest absolute Gasteiger partial charge is 0.384 e. The van der Waals surface area contributed by atoms with Crippen LogP contribution in [0.1, 0.15) is 23.9 Å². The van der Waals surface area contributed by atoms with E-state index in [1.165, 1.54) is 0 Å². The van der Waals surface area contributed by atoms with Crippen molar-refractivity contribution >= 4 is 11.5 Å². The highest BCUT2D eigenvalue weighted by molar-refractivity contribution is 6.01. The van der Waals surface area contributed by atoms with E-state index in [1.54, 1.807) is 0 Å². The van der Waals surface area contributed by atoms with Crippen molar-refractivity contribution in [2.75, 3.05) is 31.7 Å². The first-order valence-electron chi connectivity index (χ1n) is 6.08. The van der Waals surface area contributed by atoms with Crippen LogP contribution in [0.5, 0.6) is 0 Å². The van der Waals surface area contributed by atoms with Crippen molar-refractivity contribution in [2.45, 2.75) is 20.8 Å². The van der Waals surface area contributed by atoms with Crippen molar-refractivity contribution in [2.24, 2.45) is 5.73 Å². The van der Waals surface area contributed by atoms with Crippen LogP contribution in [0, 0.1) is 19.3 Å². The molecule has 0 amide bonds. The zero-order chi connectivity index (χ0) is 13.7. The van der Waals surface area contributed by atoms with Crippen LogP contribution in [0.15, 0.2) is 6.07 Å². The summed E-state index contributed by atoms with van der Waals surface area (Å²) in [5.41, 5.74) is 9.01. The van der Waals surface area contributed by atoms with Gasteiger partial charge in [-0.3, -0.25) is 10.4 Å². The van der Waals surface area contributed by atoms with Gasteiger partial charge in [-0.1, -0.05) is 0 Å². The van der Waals surface area contributed by atoms with Crippen molar-refractivity contribution in [1.29, 1.82) is 5.41 Å². The van der Waals surface area contributed by atoms with Gasteiger partial charge in [-0.15, -0.1) is 0 Å².